The molecule has 5 nitrogen and oxygen atoms in total. The van der Waals surface area contributed by atoms with Crippen LogP contribution < -0.4 is 5.73 Å². The van der Waals surface area contributed by atoms with Gasteiger partial charge in [0.05, 0.1) is 10.5 Å². The van der Waals surface area contributed by atoms with Crippen molar-refractivity contribution >= 4 is 5.69 Å². The number of nitrogens with zero attached hydrogens (tertiary/aromatic N) is 2. The van der Waals surface area contributed by atoms with Crippen LogP contribution in [0.4, 0.5) is 18.9 Å². The predicted octanol–water partition coefficient (Wildman–Crippen LogP) is 1.53. The molecule has 15 heavy (non-hydrogen) atoms. The van der Waals surface area contributed by atoms with E-state index in [0.29, 0.717) is 0 Å². The predicted molar refractivity (Wildman–Crippen MR) is 43.7 cm³/mol. The van der Waals surface area contributed by atoms with E-state index in [1.807, 2.05) is 0 Å². The maximum Gasteiger partial charge on any atom is 0.288 e. The van der Waals surface area contributed by atoms with E-state index < -0.39 is 28.5 Å². The molecule has 82 valence electrons. The van der Waals surface area contributed by atoms with Gasteiger partial charge in [0.15, 0.2) is 5.56 Å². The summed E-state index contributed by atoms with van der Waals surface area (Å²) in [4.78, 5) is 12.4. The lowest BCUT2D eigenvalue weighted by molar-refractivity contribution is -0.387. The fourth-order valence-electron chi connectivity index (χ4n) is 1.09. The second-order valence-corrected chi connectivity index (χ2v) is 2.60. The molecule has 0 aromatic carbocycles. The lowest BCUT2D eigenvalue weighted by Crippen LogP contribution is -2.08. The molecule has 1 aromatic heterocycles. The van der Waals surface area contributed by atoms with Crippen LogP contribution in [0.2, 0.25) is 0 Å². The average molecular weight is 221 g/mol. The van der Waals surface area contributed by atoms with Gasteiger partial charge in [-0.25, -0.2) is 13.8 Å². The van der Waals surface area contributed by atoms with Crippen LogP contribution in [-0.2, 0) is 6.54 Å². The minimum atomic E-state index is -3.30. The molecule has 8 heteroatoms. The van der Waals surface area contributed by atoms with Crippen molar-refractivity contribution in [3.8, 4) is 0 Å². The van der Waals surface area contributed by atoms with Crippen molar-refractivity contribution in [2.24, 2.45) is 5.73 Å². The van der Waals surface area contributed by atoms with Crippen molar-refractivity contribution in [1.82, 2.24) is 4.98 Å². The van der Waals surface area contributed by atoms with Crippen molar-refractivity contribution in [2.45, 2.75) is 13.0 Å². The zero-order valence-corrected chi connectivity index (χ0v) is 7.28. The number of rotatable bonds is 3. The van der Waals surface area contributed by atoms with Gasteiger partial charge in [-0.3, -0.25) is 10.1 Å². The van der Waals surface area contributed by atoms with E-state index in [1.54, 1.807) is 0 Å². The topological polar surface area (TPSA) is 82.0 Å². The molecule has 2 N–H and O–H groups in total. The standard InChI is InChI=1S/C7H6F3N3O2/c8-6(9)4-5(13(14)15)3(1-11)2-12-7(4)10/h2,6H,1,11H2. The van der Waals surface area contributed by atoms with Gasteiger partial charge in [0.25, 0.3) is 12.1 Å². The van der Waals surface area contributed by atoms with E-state index in [4.69, 9.17) is 5.73 Å². The molecule has 0 aliphatic carbocycles. The molecular formula is C7H6F3N3O2. The molecule has 0 amide bonds. The van der Waals surface area contributed by atoms with Crippen LogP contribution in [0.25, 0.3) is 0 Å². The molecule has 1 heterocycles. The highest BCUT2D eigenvalue weighted by atomic mass is 19.3. The van der Waals surface area contributed by atoms with Crippen LogP contribution >= 0.6 is 0 Å². The number of nitro groups is 1. The third-order valence-electron chi connectivity index (χ3n) is 1.74. The molecule has 0 saturated heterocycles. The highest BCUT2D eigenvalue weighted by molar-refractivity contribution is 5.46. The zero-order valence-electron chi connectivity index (χ0n) is 7.28. The first-order valence-electron chi connectivity index (χ1n) is 3.79. The van der Waals surface area contributed by atoms with Crippen LogP contribution in [0.15, 0.2) is 6.20 Å². The summed E-state index contributed by atoms with van der Waals surface area (Å²) in [7, 11) is 0. The Morgan fingerprint density at radius 3 is 2.60 bits per heavy atom. The average Bonchev–Trinajstić information content (AvgIpc) is 2.16. The minimum Gasteiger partial charge on any atom is -0.326 e. The Bertz CT molecular complexity index is 397. The zero-order chi connectivity index (χ0) is 11.6. The summed E-state index contributed by atoms with van der Waals surface area (Å²) in [6, 6.07) is 0. The first kappa shape index (κ1) is 11.4. The Kier molecular flexibility index (Phi) is 3.20. The lowest BCUT2D eigenvalue weighted by Gasteiger charge is -2.05. The second kappa shape index (κ2) is 4.22. The van der Waals surface area contributed by atoms with Crippen LogP contribution in [0.3, 0.4) is 0 Å². The van der Waals surface area contributed by atoms with Gasteiger partial charge in [0, 0.05) is 12.7 Å². The third-order valence-corrected chi connectivity index (χ3v) is 1.74. The first-order chi connectivity index (χ1) is 6.99. The van der Waals surface area contributed by atoms with Gasteiger partial charge in [0.2, 0.25) is 5.95 Å². The third kappa shape index (κ3) is 2.04. The summed E-state index contributed by atoms with van der Waals surface area (Å²) in [6.45, 7) is -0.358. The van der Waals surface area contributed by atoms with Crippen molar-refractivity contribution in [3.05, 3.63) is 33.4 Å². The van der Waals surface area contributed by atoms with Gasteiger partial charge in [-0.1, -0.05) is 0 Å². The van der Waals surface area contributed by atoms with Crippen molar-refractivity contribution in [2.75, 3.05) is 0 Å². The lowest BCUT2D eigenvalue weighted by atomic mass is 10.1. The Morgan fingerprint density at radius 1 is 1.60 bits per heavy atom. The summed E-state index contributed by atoms with van der Waals surface area (Å²) in [5, 5.41) is 10.5. The summed E-state index contributed by atoms with van der Waals surface area (Å²) in [6.07, 6.45) is -2.52. The summed E-state index contributed by atoms with van der Waals surface area (Å²) in [5.74, 6) is -1.55. The quantitative estimate of drug-likeness (QED) is 0.476. The molecule has 0 spiro atoms. The molecule has 0 saturated carbocycles. The summed E-state index contributed by atoms with van der Waals surface area (Å²) >= 11 is 0. The molecule has 0 bridgehead atoms. The Balaban J connectivity index is 3.51. The number of halogens is 3. The minimum absolute atomic E-state index is 0.225. The first-order valence-corrected chi connectivity index (χ1v) is 3.79. The molecule has 0 unspecified atom stereocenters. The SMILES string of the molecule is NCc1cnc(F)c(C(F)F)c1[N+](=O)[O-]. The molecule has 0 aliphatic rings. The maximum atomic E-state index is 12.8. The number of aromatic nitrogens is 1. The molecular weight excluding hydrogens is 215 g/mol. The summed E-state index contributed by atoms with van der Waals surface area (Å²) in [5.41, 5.74) is 2.55. The van der Waals surface area contributed by atoms with Crippen molar-refractivity contribution in [3.63, 3.8) is 0 Å². The summed E-state index contributed by atoms with van der Waals surface area (Å²) < 4.78 is 37.5. The van der Waals surface area contributed by atoms with E-state index in [2.05, 4.69) is 4.98 Å². The number of pyridine rings is 1. The Labute approximate surface area is 81.9 Å². The van der Waals surface area contributed by atoms with E-state index in [0.717, 1.165) is 6.20 Å². The molecule has 0 fully saturated rings. The van der Waals surface area contributed by atoms with E-state index in [9.17, 15) is 23.3 Å². The van der Waals surface area contributed by atoms with Gasteiger partial charge in [0.1, 0.15) is 0 Å². The van der Waals surface area contributed by atoms with Gasteiger partial charge < -0.3 is 5.73 Å². The number of hydrogen-bond acceptors (Lipinski definition) is 4. The fraction of sp³-hybridized carbons (Fsp3) is 0.286. The normalized spacial score (nSPS) is 10.7. The Morgan fingerprint density at radius 2 is 2.20 bits per heavy atom. The molecule has 1 aromatic rings. The number of nitrogens with two attached hydrogens (primary N) is 1. The van der Waals surface area contributed by atoms with Gasteiger partial charge >= 0.3 is 0 Å². The van der Waals surface area contributed by atoms with Crippen molar-refractivity contribution in [1.29, 1.82) is 0 Å². The van der Waals surface area contributed by atoms with E-state index >= 15 is 0 Å². The van der Waals surface area contributed by atoms with E-state index in [-0.39, 0.29) is 12.1 Å². The molecule has 1 rings (SSSR count). The smallest absolute Gasteiger partial charge is 0.288 e. The van der Waals surface area contributed by atoms with Gasteiger partial charge in [-0.2, -0.15) is 4.39 Å². The van der Waals surface area contributed by atoms with Gasteiger partial charge in [-0.05, 0) is 0 Å². The van der Waals surface area contributed by atoms with Crippen LogP contribution in [0.5, 0.6) is 0 Å². The van der Waals surface area contributed by atoms with Crippen LogP contribution in [-0.4, -0.2) is 9.91 Å². The highest BCUT2D eigenvalue weighted by Crippen LogP contribution is 2.32. The maximum absolute atomic E-state index is 12.8. The number of alkyl halides is 2. The van der Waals surface area contributed by atoms with E-state index in [1.165, 1.54) is 0 Å². The monoisotopic (exact) mass is 221 g/mol. The fourth-order valence-corrected chi connectivity index (χ4v) is 1.09. The van der Waals surface area contributed by atoms with Crippen molar-refractivity contribution < 1.29 is 18.1 Å². The molecule has 0 radical (unpaired) electrons. The molecule has 0 aliphatic heterocycles. The highest BCUT2D eigenvalue weighted by Gasteiger charge is 2.30. The van der Waals surface area contributed by atoms with Crippen LogP contribution in [0.1, 0.15) is 17.6 Å². The Hall–Kier alpha value is -1.70. The van der Waals surface area contributed by atoms with Crippen LogP contribution in [0, 0.1) is 16.1 Å². The number of hydrogen-bond donors (Lipinski definition) is 1. The van der Waals surface area contributed by atoms with Gasteiger partial charge in [-0.15, -0.1) is 0 Å². The molecule has 0 atom stereocenters. The second-order valence-electron chi connectivity index (χ2n) is 2.60. The largest absolute Gasteiger partial charge is 0.326 e.